The minimum atomic E-state index is -1.21. The highest BCUT2D eigenvalue weighted by molar-refractivity contribution is 8.00. The van der Waals surface area contributed by atoms with Crippen molar-refractivity contribution < 1.29 is 24.2 Å². The van der Waals surface area contributed by atoms with Crippen LogP contribution in [0.2, 0.25) is 0 Å². The van der Waals surface area contributed by atoms with Crippen molar-refractivity contribution in [2.45, 2.75) is 23.3 Å². The molecule has 2 aromatic carbocycles. The third-order valence-electron chi connectivity index (χ3n) is 3.59. The predicted octanol–water partition coefficient (Wildman–Crippen LogP) is 3.44. The van der Waals surface area contributed by atoms with E-state index in [0.717, 1.165) is 22.9 Å². The van der Waals surface area contributed by atoms with Crippen molar-refractivity contribution in [3.05, 3.63) is 59.7 Å². The summed E-state index contributed by atoms with van der Waals surface area (Å²) in [7, 11) is 0. The van der Waals surface area contributed by atoms with Gasteiger partial charge in [-0.2, -0.15) is 0 Å². The van der Waals surface area contributed by atoms with E-state index < -0.39 is 23.6 Å². The molecule has 1 heterocycles. The Bertz CT molecular complexity index is 906. The Morgan fingerprint density at radius 2 is 1.84 bits per heavy atom. The number of rotatable bonds is 7. The van der Waals surface area contributed by atoms with Gasteiger partial charge in [0.05, 0.1) is 6.42 Å². The van der Waals surface area contributed by atoms with E-state index in [4.69, 9.17) is 14.6 Å². The van der Waals surface area contributed by atoms with Crippen LogP contribution in [0.3, 0.4) is 0 Å². The van der Waals surface area contributed by atoms with Crippen LogP contribution in [-0.4, -0.2) is 32.4 Å². The van der Waals surface area contributed by atoms with Crippen LogP contribution >= 0.6 is 11.8 Å². The zero-order valence-electron chi connectivity index (χ0n) is 13.1. The Labute approximate surface area is 147 Å². The van der Waals surface area contributed by atoms with Gasteiger partial charge in [-0.15, -0.1) is 0 Å². The minimum absolute atomic E-state index is 0.157. The molecule has 0 saturated carbocycles. The first-order valence-electron chi connectivity index (χ1n) is 7.56. The van der Waals surface area contributed by atoms with E-state index in [1.807, 2.05) is 42.5 Å². The van der Waals surface area contributed by atoms with Gasteiger partial charge in [0, 0.05) is 12.0 Å². The number of benzene rings is 2. The van der Waals surface area contributed by atoms with Crippen molar-refractivity contribution in [2.75, 3.05) is 0 Å². The van der Waals surface area contributed by atoms with E-state index in [0.29, 0.717) is 17.5 Å². The van der Waals surface area contributed by atoms with E-state index in [-0.39, 0.29) is 5.22 Å². The second-order valence-corrected chi connectivity index (χ2v) is 6.60. The van der Waals surface area contributed by atoms with E-state index in [1.54, 1.807) is 6.07 Å². The molecule has 25 heavy (non-hydrogen) atoms. The summed E-state index contributed by atoms with van der Waals surface area (Å²) in [5.74, 6) is -2.39. The fraction of sp³-hybridized carbons (Fsp3) is 0.167. The Hall–Kier alpha value is -2.80. The Morgan fingerprint density at radius 1 is 1.08 bits per heavy atom. The van der Waals surface area contributed by atoms with Crippen LogP contribution in [-0.2, 0) is 16.0 Å². The summed E-state index contributed by atoms with van der Waals surface area (Å²) >= 11 is 0.808. The molecule has 1 aromatic heterocycles. The molecule has 3 aromatic rings. The van der Waals surface area contributed by atoms with Gasteiger partial charge < -0.3 is 14.6 Å². The molecule has 3 rings (SSSR count). The number of hydrogen-bond donors (Lipinski definition) is 2. The van der Waals surface area contributed by atoms with Crippen LogP contribution < -0.4 is 0 Å². The molecule has 0 aliphatic carbocycles. The van der Waals surface area contributed by atoms with Gasteiger partial charge in [-0.1, -0.05) is 54.2 Å². The zero-order chi connectivity index (χ0) is 17.8. The molecule has 0 fully saturated rings. The molecule has 1 unspecified atom stereocenters. The van der Waals surface area contributed by atoms with E-state index in [2.05, 4.69) is 4.98 Å². The molecular weight excluding hydrogens is 342 g/mol. The number of thioether (sulfide) groups is 1. The Balaban J connectivity index is 1.88. The molecule has 0 spiro atoms. The van der Waals surface area contributed by atoms with E-state index in [9.17, 15) is 9.59 Å². The summed E-state index contributed by atoms with van der Waals surface area (Å²) < 4.78 is 5.73. The van der Waals surface area contributed by atoms with Gasteiger partial charge in [0.1, 0.15) is 10.8 Å². The number of aliphatic carboxylic acids is 2. The average molecular weight is 357 g/mol. The lowest BCUT2D eigenvalue weighted by atomic mass is 10.0. The van der Waals surface area contributed by atoms with Gasteiger partial charge in [0.15, 0.2) is 5.58 Å². The Kier molecular flexibility index (Phi) is 5.04. The van der Waals surface area contributed by atoms with Crippen molar-refractivity contribution >= 4 is 34.8 Å². The van der Waals surface area contributed by atoms with Crippen LogP contribution in [0.15, 0.2) is 58.2 Å². The maximum Gasteiger partial charge on any atom is 0.317 e. The number of aromatic nitrogens is 1. The van der Waals surface area contributed by atoms with Gasteiger partial charge >= 0.3 is 11.9 Å². The second kappa shape index (κ2) is 7.40. The number of carboxylic acid groups (broad SMARTS) is 2. The lowest BCUT2D eigenvalue weighted by Crippen LogP contribution is -2.20. The molecule has 0 aliphatic rings. The highest BCUT2D eigenvalue weighted by Gasteiger charge is 2.25. The van der Waals surface area contributed by atoms with Crippen LogP contribution in [0.25, 0.3) is 11.1 Å². The largest absolute Gasteiger partial charge is 0.481 e. The van der Waals surface area contributed by atoms with Crippen molar-refractivity contribution in [1.29, 1.82) is 0 Å². The molecule has 0 aliphatic heterocycles. The molecular formula is C18H15NO5S. The number of para-hydroxylation sites is 1. The molecule has 6 nitrogen and oxygen atoms in total. The number of fused-ring (bicyclic) bond motifs is 1. The molecule has 0 radical (unpaired) electrons. The average Bonchev–Trinajstić information content (AvgIpc) is 2.98. The monoisotopic (exact) mass is 357 g/mol. The zero-order valence-corrected chi connectivity index (χ0v) is 13.9. The molecule has 0 amide bonds. The molecule has 0 saturated heterocycles. The smallest absolute Gasteiger partial charge is 0.317 e. The summed E-state index contributed by atoms with van der Waals surface area (Å²) in [6.45, 7) is 0. The van der Waals surface area contributed by atoms with Crippen LogP contribution in [0.4, 0.5) is 0 Å². The highest BCUT2D eigenvalue weighted by Crippen LogP contribution is 2.30. The first-order valence-corrected chi connectivity index (χ1v) is 8.44. The number of hydrogen-bond acceptors (Lipinski definition) is 5. The van der Waals surface area contributed by atoms with Gasteiger partial charge in [-0.05, 0) is 11.6 Å². The van der Waals surface area contributed by atoms with Crippen molar-refractivity contribution in [2.24, 2.45) is 0 Å². The van der Waals surface area contributed by atoms with Crippen LogP contribution in [0.1, 0.15) is 17.5 Å². The summed E-state index contributed by atoms with van der Waals surface area (Å²) in [5.41, 5.74) is 3.27. The molecule has 128 valence electrons. The van der Waals surface area contributed by atoms with Crippen LogP contribution in [0, 0.1) is 0 Å². The first-order chi connectivity index (χ1) is 12.0. The lowest BCUT2D eigenvalue weighted by Gasteiger charge is -2.05. The molecule has 0 bridgehead atoms. The van der Waals surface area contributed by atoms with Crippen LogP contribution in [0.5, 0.6) is 0 Å². The minimum Gasteiger partial charge on any atom is -0.481 e. The van der Waals surface area contributed by atoms with Gasteiger partial charge in [0.25, 0.3) is 5.22 Å². The van der Waals surface area contributed by atoms with Crippen molar-refractivity contribution in [3.8, 4) is 0 Å². The van der Waals surface area contributed by atoms with Crippen molar-refractivity contribution in [1.82, 2.24) is 4.98 Å². The summed E-state index contributed by atoms with van der Waals surface area (Å²) in [5, 5.41) is 17.0. The third-order valence-corrected chi connectivity index (χ3v) is 4.62. The summed E-state index contributed by atoms with van der Waals surface area (Å²) in [6, 6.07) is 15.5. The molecule has 2 N–H and O–H groups in total. The third kappa shape index (κ3) is 4.19. The number of nitrogens with zero attached hydrogens (tertiary/aromatic N) is 1. The normalized spacial score (nSPS) is 12.2. The summed E-state index contributed by atoms with van der Waals surface area (Å²) in [4.78, 5) is 26.3. The molecule has 1 atom stereocenters. The van der Waals surface area contributed by atoms with Crippen molar-refractivity contribution in [3.63, 3.8) is 0 Å². The number of carboxylic acids is 2. The first kappa shape index (κ1) is 17.0. The molecule has 7 heteroatoms. The van der Waals surface area contributed by atoms with Gasteiger partial charge in [-0.25, -0.2) is 4.98 Å². The maximum atomic E-state index is 11.2. The van der Waals surface area contributed by atoms with E-state index >= 15 is 0 Å². The second-order valence-electron chi connectivity index (χ2n) is 5.45. The van der Waals surface area contributed by atoms with Gasteiger partial charge in [0.2, 0.25) is 0 Å². The quantitative estimate of drug-likeness (QED) is 0.625. The highest BCUT2D eigenvalue weighted by atomic mass is 32.2. The maximum absolute atomic E-state index is 11.2. The fourth-order valence-electron chi connectivity index (χ4n) is 2.45. The van der Waals surface area contributed by atoms with Gasteiger partial charge in [-0.3, -0.25) is 9.59 Å². The topological polar surface area (TPSA) is 101 Å². The number of carbonyl (C=O) groups is 2. The van der Waals surface area contributed by atoms with E-state index in [1.165, 1.54) is 0 Å². The fourth-order valence-corrected chi connectivity index (χ4v) is 3.30. The summed E-state index contributed by atoms with van der Waals surface area (Å²) in [6.07, 6.45) is 0.157. The predicted molar refractivity (Wildman–Crippen MR) is 92.8 cm³/mol. The SMILES string of the molecule is O=C(O)CC(Sc1nc2cccc(Cc3ccccc3)c2o1)C(=O)O. The lowest BCUT2D eigenvalue weighted by molar-refractivity contribution is -0.142. The number of oxazole rings is 1. The Morgan fingerprint density at radius 3 is 2.52 bits per heavy atom. The standard InChI is InChI=1S/C18H15NO5S/c20-15(21)10-14(17(22)23)25-18-19-13-8-4-7-12(16(13)24-18)9-11-5-2-1-3-6-11/h1-8,14H,9-10H2,(H,20,21)(H,22,23).